The van der Waals surface area contributed by atoms with Gasteiger partial charge in [0.15, 0.2) is 5.96 Å². The lowest BCUT2D eigenvalue weighted by molar-refractivity contribution is -0.137. The number of aromatic nitrogens is 2. The zero-order valence-corrected chi connectivity index (χ0v) is 11.9. The number of nitrogens with one attached hydrogen (secondary N) is 3. The van der Waals surface area contributed by atoms with Gasteiger partial charge < -0.3 is 10.6 Å². The highest BCUT2D eigenvalue weighted by atomic mass is 19.4. The van der Waals surface area contributed by atoms with Crippen LogP contribution in [0.3, 0.4) is 0 Å². The summed E-state index contributed by atoms with van der Waals surface area (Å²) in [6, 6.07) is 6.85. The fourth-order valence-electron chi connectivity index (χ4n) is 1.78. The fourth-order valence-corrected chi connectivity index (χ4v) is 1.78. The molecule has 2 aromatic rings. The van der Waals surface area contributed by atoms with Gasteiger partial charge in [0, 0.05) is 19.8 Å². The molecule has 0 aliphatic heterocycles. The van der Waals surface area contributed by atoms with E-state index in [-0.39, 0.29) is 0 Å². The number of H-pyrrole nitrogens is 1. The molecule has 22 heavy (non-hydrogen) atoms. The second-order valence-electron chi connectivity index (χ2n) is 4.56. The van der Waals surface area contributed by atoms with Gasteiger partial charge in [0.1, 0.15) is 0 Å². The summed E-state index contributed by atoms with van der Waals surface area (Å²) in [5.74, 6) is 0.550. The van der Waals surface area contributed by atoms with Crippen LogP contribution in [0.5, 0.6) is 0 Å². The summed E-state index contributed by atoms with van der Waals surface area (Å²) in [6.45, 7) is 0.896. The van der Waals surface area contributed by atoms with Gasteiger partial charge in [-0.25, -0.2) is 0 Å². The van der Waals surface area contributed by atoms with Gasteiger partial charge in [-0.2, -0.15) is 18.3 Å². The maximum atomic E-state index is 12.5. The molecule has 8 heteroatoms. The van der Waals surface area contributed by atoms with E-state index < -0.39 is 11.7 Å². The molecule has 118 valence electrons. The zero-order chi connectivity index (χ0) is 16.0. The van der Waals surface area contributed by atoms with Gasteiger partial charge in [-0.05, 0) is 23.8 Å². The van der Waals surface area contributed by atoms with Crippen molar-refractivity contribution in [2.75, 3.05) is 7.05 Å². The number of nitrogens with zero attached hydrogens (tertiary/aromatic N) is 2. The molecule has 0 fully saturated rings. The molecule has 0 spiro atoms. The van der Waals surface area contributed by atoms with E-state index in [1.54, 1.807) is 13.2 Å². The molecule has 0 bridgehead atoms. The summed E-state index contributed by atoms with van der Waals surface area (Å²) in [4.78, 5) is 4.04. The molecule has 0 saturated carbocycles. The third-order valence-corrected chi connectivity index (χ3v) is 2.97. The highest BCUT2D eigenvalue weighted by Crippen LogP contribution is 2.28. The number of rotatable bonds is 4. The lowest BCUT2D eigenvalue weighted by Gasteiger charge is -2.12. The Hall–Kier alpha value is -2.51. The van der Waals surface area contributed by atoms with Crippen LogP contribution in [-0.2, 0) is 19.3 Å². The molecule has 2 rings (SSSR count). The Morgan fingerprint density at radius 2 is 1.82 bits per heavy atom. The summed E-state index contributed by atoms with van der Waals surface area (Å²) in [6.07, 6.45) is -2.66. The van der Waals surface area contributed by atoms with Crippen molar-refractivity contribution in [2.45, 2.75) is 19.3 Å². The molecule has 0 atom stereocenters. The average molecular weight is 311 g/mol. The monoisotopic (exact) mass is 311 g/mol. The minimum absolute atomic E-state index is 0.376. The first-order valence-electron chi connectivity index (χ1n) is 6.58. The van der Waals surface area contributed by atoms with Crippen molar-refractivity contribution in [2.24, 2.45) is 4.99 Å². The lowest BCUT2D eigenvalue weighted by atomic mass is 10.1. The van der Waals surface area contributed by atoms with Gasteiger partial charge in [-0.1, -0.05) is 12.1 Å². The Balaban J connectivity index is 1.85. The number of aromatic amines is 1. The van der Waals surface area contributed by atoms with E-state index in [2.05, 4.69) is 25.8 Å². The third-order valence-electron chi connectivity index (χ3n) is 2.97. The standard InChI is InChI=1S/C14H16F3N5/c1-18-13(20-9-12-6-7-21-22-12)19-8-10-2-4-11(5-3-10)14(15,16)17/h2-7H,8-9H2,1H3,(H,21,22)(H2,18,19,20). The van der Waals surface area contributed by atoms with Gasteiger partial charge in [0.2, 0.25) is 0 Å². The number of alkyl halides is 3. The van der Waals surface area contributed by atoms with Gasteiger partial charge in [0.05, 0.1) is 17.8 Å². The predicted octanol–water partition coefficient (Wildman–Crippen LogP) is 2.29. The Kier molecular flexibility index (Phi) is 5.03. The van der Waals surface area contributed by atoms with Gasteiger partial charge >= 0.3 is 6.18 Å². The van der Waals surface area contributed by atoms with Crippen molar-refractivity contribution in [3.63, 3.8) is 0 Å². The van der Waals surface area contributed by atoms with Crippen molar-refractivity contribution in [1.29, 1.82) is 0 Å². The minimum Gasteiger partial charge on any atom is -0.352 e. The normalized spacial score (nSPS) is 12.3. The van der Waals surface area contributed by atoms with E-state index in [1.807, 2.05) is 6.07 Å². The van der Waals surface area contributed by atoms with Crippen LogP contribution in [0.25, 0.3) is 0 Å². The van der Waals surface area contributed by atoms with E-state index in [4.69, 9.17) is 0 Å². The van der Waals surface area contributed by atoms with Crippen molar-refractivity contribution >= 4 is 5.96 Å². The predicted molar refractivity (Wildman–Crippen MR) is 77.1 cm³/mol. The number of guanidine groups is 1. The van der Waals surface area contributed by atoms with E-state index in [9.17, 15) is 13.2 Å². The SMILES string of the molecule is CN=C(NCc1ccc(C(F)(F)F)cc1)NCc1ccn[nH]1. The fraction of sp³-hybridized carbons (Fsp3) is 0.286. The topological polar surface area (TPSA) is 65.1 Å². The van der Waals surface area contributed by atoms with Crippen LogP contribution < -0.4 is 10.6 Å². The maximum Gasteiger partial charge on any atom is 0.416 e. The largest absolute Gasteiger partial charge is 0.416 e. The van der Waals surface area contributed by atoms with Crippen molar-refractivity contribution in [3.05, 3.63) is 53.3 Å². The van der Waals surface area contributed by atoms with Crippen LogP contribution in [0.1, 0.15) is 16.8 Å². The Bertz CT molecular complexity index is 602. The third kappa shape index (κ3) is 4.51. The molecule has 1 aromatic carbocycles. The summed E-state index contributed by atoms with van der Waals surface area (Å²) in [7, 11) is 1.62. The minimum atomic E-state index is -4.31. The number of halogens is 3. The van der Waals surface area contributed by atoms with Gasteiger partial charge in [-0.3, -0.25) is 10.1 Å². The van der Waals surface area contributed by atoms with Crippen LogP contribution in [0.2, 0.25) is 0 Å². The molecule has 0 aliphatic carbocycles. The quantitative estimate of drug-likeness (QED) is 0.599. The molecule has 0 amide bonds. The first-order chi connectivity index (χ1) is 10.5. The Morgan fingerprint density at radius 3 is 2.36 bits per heavy atom. The van der Waals surface area contributed by atoms with Crippen LogP contribution in [0.4, 0.5) is 13.2 Å². The van der Waals surface area contributed by atoms with Crippen LogP contribution in [0, 0.1) is 0 Å². The molecular formula is C14H16F3N5. The van der Waals surface area contributed by atoms with E-state index in [1.165, 1.54) is 12.1 Å². The van der Waals surface area contributed by atoms with E-state index >= 15 is 0 Å². The lowest BCUT2D eigenvalue weighted by Crippen LogP contribution is -2.36. The molecule has 0 saturated heterocycles. The Labute approximate surface area is 125 Å². The van der Waals surface area contributed by atoms with Crippen molar-refractivity contribution < 1.29 is 13.2 Å². The second kappa shape index (κ2) is 6.97. The summed E-state index contributed by atoms with van der Waals surface area (Å²) in [5.41, 5.74) is 0.980. The molecule has 0 aliphatic rings. The van der Waals surface area contributed by atoms with Crippen molar-refractivity contribution in [3.8, 4) is 0 Å². The summed E-state index contributed by atoms with van der Waals surface area (Å²) >= 11 is 0. The van der Waals surface area contributed by atoms with Gasteiger partial charge in [-0.15, -0.1) is 0 Å². The molecular weight excluding hydrogens is 295 g/mol. The number of benzene rings is 1. The number of aliphatic imine (C=N–C) groups is 1. The number of hydrogen-bond donors (Lipinski definition) is 3. The van der Waals surface area contributed by atoms with Crippen LogP contribution in [0.15, 0.2) is 41.5 Å². The maximum absolute atomic E-state index is 12.5. The molecule has 5 nitrogen and oxygen atoms in total. The first-order valence-corrected chi connectivity index (χ1v) is 6.58. The van der Waals surface area contributed by atoms with Crippen molar-refractivity contribution in [1.82, 2.24) is 20.8 Å². The molecule has 1 aromatic heterocycles. The first kappa shape index (κ1) is 15.9. The zero-order valence-electron chi connectivity index (χ0n) is 11.9. The van der Waals surface area contributed by atoms with Crippen LogP contribution >= 0.6 is 0 Å². The summed E-state index contributed by atoms with van der Waals surface area (Å²) < 4.78 is 37.4. The Morgan fingerprint density at radius 1 is 1.14 bits per heavy atom. The van der Waals surface area contributed by atoms with Gasteiger partial charge in [0.25, 0.3) is 0 Å². The average Bonchev–Trinajstić information content (AvgIpc) is 3.00. The molecule has 0 unspecified atom stereocenters. The second-order valence-corrected chi connectivity index (χ2v) is 4.56. The summed E-state index contributed by atoms with van der Waals surface area (Å²) in [5, 5.41) is 12.7. The van der Waals surface area contributed by atoms with E-state index in [0.29, 0.717) is 19.0 Å². The van der Waals surface area contributed by atoms with Crippen LogP contribution in [-0.4, -0.2) is 23.2 Å². The molecule has 0 radical (unpaired) electrons. The molecule has 3 N–H and O–H groups in total. The van der Waals surface area contributed by atoms with E-state index in [0.717, 1.165) is 23.4 Å². The molecule has 1 heterocycles. The number of hydrogen-bond acceptors (Lipinski definition) is 2. The smallest absolute Gasteiger partial charge is 0.352 e. The highest BCUT2D eigenvalue weighted by molar-refractivity contribution is 5.79. The highest BCUT2D eigenvalue weighted by Gasteiger charge is 2.29.